The van der Waals surface area contributed by atoms with Crippen molar-refractivity contribution in [3.63, 3.8) is 0 Å². The number of carbonyl (C=O) groups excluding carboxylic acids is 1. The molecule has 1 saturated carbocycles. The van der Waals surface area contributed by atoms with Gasteiger partial charge in [0, 0.05) is 0 Å². The molecule has 0 aromatic carbocycles. The Balaban J connectivity index is 2.34. The van der Waals surface area contributed by atoms with Crippen molar-refractivity contribution < 1.29 is 26.9 Å². The summed E-state index contributed by atoms with van der Waals surface area (Å²) in [6.07, 6.45) is 4.32. The average molecular weight is 254 g/mol. The molecule has 94 valence electrons. The third kappa shape index (κ3) is 4.05. The zero-order valence-corrected chi connectivity index (χ0v) is 9.58. The van der Waals surface area contributed by atoms with Crippen LogP contribution < -0.4 is 0 Å². The van der Waals surface area contributed by atoms with Crippen LogP contribution in [0.25, 0.3) is 0 Å². The van der Waals surface area contributed by atoms with Crippen LogP contribution in [0.4, 0.5) is 4.39 Å². The normalized spacial score (nSPS) is 20.4. The van der Waals surface area contributed by atoms with E-state index in [1.165, 1.54) is 0 Å². The summed E-state index contributed by atoms with van der Waals surface area (Å²) in [6, 6.07) is 0. The Kier molecular flexibility index (Phi) is 4.67. The Bertz CT molecular complexity index is 334. The fourth-order valence-electron chi connectivity index (χ4n) is 1.69. The minimum absolute atomic E-state index is 0.262. The molecule has 7 heteroatoms. The third-order valence-corrected chi connectivity index (χ3v) is 3.40. The molecule has 1 atom stereocenters. The molecule has 5 nitrogen and oxygen atoms in total. The topological polar surface area (TPSA) is 80.7 Å². The first-order valence-corrected chi connectivity index (χ1v) is 6.68. The standard InChI is InChI=1S/C9H15FO5S/c10-8(16(12,13)14)6-15-9(11)7-4-2-1-3-5-7/h7-8H,1-6H2,(H,12,13,14). The van der Waals surface area contributed by atoms with Gasteiger partial charge >= 0.3 is 16.1 Å². The molecule has 0 radical (unpaired) electrons. The maximum Gasteiger partial charge on any atom is 0.309 e. The molecular formula is C9H15FO5S. The van der Waals surface area contributed by atoms with E-state index in [2.05, 4.69) is 4.74 Å². The van der Waals surface area contributed by atoms with Gasteiger partial charge in [0.1, 0.15) is 6.61 Å². The van der Waals surface area contributed by atoms with E-state index in [0.717, 1.165) is 19.3 Å². The number of rotatable bonds is 4. The van der Waals surface area contributed by atoms with Gasteiger partial charge in [0.15, 0.2) is 0 Å². The Morgan fingerprint density at radius 3 is 2.44 bits per heavy atom. The predicted molar refractivity (Wildman–Crippen MR) is 54.0 cm³/mol. The maximum atomic E-state index is 12.7. The number of hydrogen-bond acceptors (Lipinski definition) is 4. The summed E-state index contributed by atoms with van der Waals surface area (Å²) in [5.41, 5.74) is -2.56. The first-order chi connectivity index (χ1) is 7.41. The largest absolute Gasteiger partial charge is 0.461 e. The molecule has 0 aromatic rings. The van der Waals surface area contributed by atoms with E-state index in [4.69, 9.17) is 4.55 Å². The van der Waals surface area contributed by atoms with Crippen molar-refractivity contribution in [2.45, 2.75) is 37.6 Å². The van der Waals surface area contributed by atoms with Crippen LogP contribution in [0.1, 0.15) is 32.1 Å². The first kappa shape index (κ1) is 13.4. The molecule has 0 aliphatic heterocycles. The highest BCUT2D eigenvalue weighted by atomic mass is 32.2. The van der Waals surface area contributed by atoms with Crippen molar-refractivity contribution in [2.75, 3.05) is 6.61 Å². The Morgan fingerprint density at radius 1 is 1.38 bits per heavy atom. The van der Waals surface area contributed by atoms with E-state index in [1.54, 1.807) is 0 Å². The quantitative estimate of drug-likeness (QED) is 0.604. The van der Waals surface area contributed by atoms with Crippen molar-refractivity contribution in [3.8, 4) is 0 Å². The minimum Gasteiger partial charge on any atom is -0.461 e. The number of esters is 1. The van der Waals surface area contributed by atoms with Gasteiger partial charge in [-0.15, -0.1) is 0 Å². The third-order valence-electron chi connectivity index (χ3n) is 2.62. The van der Waals surface area contributed by atoms with E-state index in [0.29, 0.717) is 12.8 Å². The van der Waals surface area contributed by atoms with Gasteiger partial charge in [-0.2, -0.15) is 8.42 Å². The number of ether oxygens (including phenoxy) is 1. The zero-order chi connectivity index (χ0) is 12.2. The molecule has 1 fully saturated rings. The molecule has 0 heterocycles. The van der Waals surface area contributed by atoms with Gasteiger partial charge in [0.25, 0.3) is 5.50 Å². The Labute approximate surface area is 93.7 Å². The van der Waals surface area contributed by atoms with Crippen molar-refractivity contribution >= 4 is 16.1 Å². The van der Waals surface area contributed by atoms with Crippen molar-refractivity contribution in [1.82, 2.24) is 0 Å². The number of carbonyl (C=O) groups is 1. The smallest absolute Gasteiger partial charge is 0.309 e. The zero-order valence-electron chi connectivity index (χ0n) is 8.76. The lowest BCUT2D eigenvalue weighted by molar-refractivity contribution is -0.150. The van der Waals surface area contributed by atoms with Crippen LogP contribution in [0.15, 0.2) is 0 Å². The van der Waals surface area contributed by atoms with Crippen LogP contribution in [-0.2, 0) is 19.6 Å². The summed E-state index contributed by atoms with van der Waals surface area (Å²) in [7, 11) is -4.77. The van der Waals surface area contributed by atoms with Crippen molar-refractivity contribution in [1.29, 1.82) is 0 Å². The molecule has 0 saturated heterocycles. The molecule has 1 aliphatic carbocycles. The fourth-order valence-corrected chi connectivity index (χ4v) is 1.93. The van der Waals surface area contributed by atoms with Crippen LogP contribution in [0.3, 0.4) is 0 Å². The van der Waals surface area contributed by atoms with Crippen molar-refractivity contribution in [2.24, 2.45) is 5.92 Å². The van der Waals surface area contributed by atoms with E-state index in [-0.39, 0.29) is 5.92 Å². The van der Waals surface area contributed by atoms with Crippen LogP contribution in [0.5, 0.6) is 0 Å². The first-order valence-electron chi connectivity index (χ1n) is 5.18. The van der Waals surface area contributed by atoms with Crippen LogP contribution >= 0.6 is 0 Å². The SMILES string of the molecule is O=C(OCC(F)S(=O)(=O)O)C1CCCCC1. The summed E-state index contributed by atoms with van der Waals surface area (Å²) in [5.74, 6) is -0.839. The van der Waals surface area contributed by atoms with Crippen LogP contribution in [0.2, 0.25) is 0 Å². The van der Waals surface area contributed by atoms with Crippen LogP contribution in [0, 0.1) is 5.92 Å². The highest BCUT2D eigenvalue weighted by Crippen LogP contribution is 2.24. The van der Waals surface area contributed by atoms with Gasteiger partial charge in [0.2, 0.25) is 0 Å². The molecule has 1 N–H and O–H groups in total. The summed E-state index contributed by atoms with van der Waals surface area (Å²) in [5, 5.41) is 0. The van der Waals surface area contributed by atoms with Gasteiger partial charge in [-0.05, 0) is 12.8 Å². The highest BCUT2D eigenvalue weighted by molar-refractivity contribution is 7.86. The number of alkyl halides is 1. The van der Waals surface area contributed by atoms with E-state index in [9.17, 15) is 17.6 Å². The fraction of sp³-hybridized carbons (Fsp3) is 0.889. The lowest BCUT2D eigenvalue weighted by Crippen LogP contribution is -2.27. The van der Waals surface area contributed by atoms with E-state index >= 15 is 0 Å². The van der Waals surface area contributed by atoms with Crippen molar-refractivity contribution in [3.05, 3.63) is 0 Å². The average Bonchev–Trinajstić information content (AvgIpc) is 2.25. The summed E-state index contributed by atoms with van der Waals surface area (Å²) >= 11 is 0. The van der Waals surface area contributed by atoms with Gasteiger partial charge in [0.05, 0.1) is 5.92 Å². The molecule has 0 aromatic heterocycles. The van der Waals surface area contributed by atoms with Gasteiger partial charge in [-0.3, -0.25) is 9.35 Å². The second-order valence-corrected chi connectivity index (χ2v) is 5.43. The van der Waals surface area contributed by atoms with Gasteiger partial charge in [-0.1, -0.05) is 19.3 Å². The molecule has 1 aliphatic rings. The van der Waals surface area contributed by atoms with Gasteiger partial charge < -0.3 is 4.74 Å². The summed E-state index contributed by atoms with van der Waals surface area (Å²) < 4.78 is 46.2. The Morgan fingerprint density at radius 2 is 1.94 bits per heavy atom. The molecule has 1 unspecified atom stereocenters. The van der Waals surface area contributed by atoms with E-state index < -0.39 is 28.2 Å². The highest BCUT2D eigenvalue weighted by Gasteiger charge is 2.27. The van der Waals surface area contributed by atoms with Crippen LogP contribution in [-0.4, -0.2) is 31.1 Å². The monoisotopic (exact) mass is 254 g/mol. The summed E-state index contributed by atoms with van der Waals surface area (Å²) in [4.78, 5) is 11.4. The predicted octanol–water partition coefficient (Wildman–Crippen LogP) is 1.29. The molecular weight excluding hydrogens is 239 g/mol. The molecule has 0 bridgehead atoms. The molecule has 1 rings (SSSR count). The minimum atomic E-state index is -4.77. The molecule has 0 spiro atoms. The van der Waals surface area contributed by atoms with Gasteiger partial charge in [-0.25, -0.2) is 4.39 Å². The Hall–Kier alpha value is -0.690. The lowest BCUT2D eigenvalue weighted by atomic mass is 9.89. The maximum absolute atomic E-state index is 12.7. The molecule has 16 heavy (non-hydrogen) atoms. The molecule has 0 amide bonds. The second-order valence-electron chi connectivity index (χ2n) is 3.89. The van der Waals surface area contributed by atoms with E-state index in [1.807, 2.05) is 0 Å². The second kappa shape index (κ2) is 5.58. The number of hydrogen-bond donors (Lipinski definition) is 1. The summed E-state index contributed by atoms with van der Waals surface area (Å²) in [6.45, 7) is -0.936. The lowest BCUT2D eigenvalue weighted by Gasteiger charge is -2.20. The number of halogens is 1.